The first-order valence-electron chi connectivity index (χ1n) is 9.36. The molecule has 140 valence electrons. The molecular weight excluding hydrogens is 330 g/mol. The molecule has 1 aliphatic rings. The predicted molar refractivity (Wildman–Crippen MR) is 104 cm³/mol. The third kappa shape index (κ3) is 3.66. The summed E-state index contributed by atoms with van der Waals surface area (Å²) < 4.78 is 5.09. The van der Waals surface area contributed by atoms with Crippen molar-refractivity contribution in [2.24, 2.45) is 0 Å². The summed E-state index contributed by atoms with van der Waals surface area (Å²) in [4.78, 5) is 27.7. The van der Waals surface area contributed by atoms with Crippen LogP contribution in [0.25, 0.3) is 10.9 Å². The Labute approximate surface area is 154 Å². The summed E-state index contributed by atoms with van der Waals surface area (Å²) in [5, 5.41) is 1.07. The van der Waals surface area contributed by atoms with Gasteiger partial charge in [-0.3, -0.25) is 0 Å². The van der Waals surface area contributed by atoms with E-state index in [1.165, 1.54) is 0 Å². The third-order valence-electron chi connectivity index (χ3n) is 4.72. The molecule has 2 aromatic rings. The molecule has 26 heavy (non-hydrogen) atoms. The quantitative estimate of drug-likeness (QED) is 0.820. The van der Waals surface area contributed by atoms with Gasteiger partial charge in [0, 0.05) is 44.7 Å². The molecule has 0 aliphatic carbocycles. The van der Waals surface area contributed by atoms with Gasteiger partial charge >= 0.3 is 6.09 Å². The molecule has 0 bridgehead atoms. The van der Waals surface area contributed by atoms with Crippen LogP contribution in [-0.2, 0) is 4.74 Å². The summed E-state index contributed by atoms with van der Waals surface area (Å²) in [6, 6.07) is 8.13. The lowest BCUT2D eigenvalue weighted by atomic mass is 10.2. The van der Waals surface area contributed by atoms with Gasteiger partial charge in [0.15, 0.2) is 0 Å². The van der Waals surface area contributed by atoms with E-state index in [0.29, 0.717) is 32.8 Å². The maximum Gasteiger partial charge on any atom is 0.409 e. The van der Waals surface area contributed by atoms with Crippen LogP contribution in [0.2, 0.25) is 0 Å². The SMILES string of the molecule is CCOC(=O)N1CCN(c2nc(N(CC)CC)c3ccccc3n2)CC1. The average molecular weight is 357 g/mol. The molecule has 0 spiro atoms. The monoisotopic (exact) mass is 357 g/mol. The Kier molecular flexibility index (Phi) is 5.75. The molecule has 0 saturated carbocycles. The minimum atomic E-state index is -0.240. The molecule has 7 nitrogen and oxygen atoms in total. The first-order chi connectivity index (χ1) is 12.7. The molecule has 1 saturated heterocycles. The summed E-state index contributed by atoms with van der Waals surface area (Å²) in [6.07, 6.45) is -0.240. The summed E-state index contributed by atoms with van der Waals surface area (Å²) in [5.41, 5.74) is 0.951. The number of fused-ring (bicyclic) bond motifs is 1. The van der Waals surface area contributed by atoms with Gasteiger partial charge in [0.2, 0.25) is 5.95 Å². The fourth-order valence-corrected chi connectivity index (χ4v) is 3.26. The van der Waals surface area contributed by atoms with Crippen LogP contribution >= 0.6 is 0 Å². The highest BCUT2D eigenvalue weighted by molar-refractivity contribution is 5.90. The van der Waals surface area contributed by atoms with Gasteiger partial charge in [0.05, 0.1) is 12.1 Å². The zero-order valence-electron chi connectivity index (χ0n) is 15.8. The highest BCUT2D eigenvalue weighted by atomic mass is 16.6. The lowest BCUT2D eigenvalue weighted by Crippen LogP contribution is -2.49. The molecule has 1 aromatic carbocycles. The number of amides is 1. The van der Waals surface area contributed by atoms with Gasteiger partial charge in [-0.15, -0.1) is 0 Å². The Balaban J connectivity index is 1.86. The van der Waals surface area contributed by atoms with E-state index in [1.54, 1.807) is 4.90 Å². The highest BCUT2D eigenvalue weighted by Crippen LogP contribution is 2.27. The first-order valence-corrected chi connectivity index (χ1v) is 9.36. The molecule has 0 unspecified atom stereocenters. The van der Waals surface area contributed by atoms with Gasteiger partial charge in [-0.25, -0.2) is 9.78 Å². The van der Waals surface area contributed by atoms with E-state index in [1.807, 2.05) is 25.1 Å². The molecule has 1 amide bonds. The van der Waals surface area contributed by atoms with Crippen LogP contribution in [0.3, 0.4) is 0 Å². The van der Waals surface area contributed by atoms with Crippen LogP contribution in [0.4, 0.5) is 16.6 Å². The topological polar surface area (TPSA) is 61.8 Å². The van der Waals surface area contributed by atoms with E-state index in [4.69, 9.17) is 14.7 Å². The average Bonchev–Trinajstić information content (AvgIpc) is 2.69. The number of hydrogen-bond acceptors (Lipinski definition) is 6. The minimum absolute atomic E-state index is 0.240. The number of aromatic nitrogens is 2. The van der Waals surface area contributed by atoms with E-state index in [0.717, 1.165) is 35.8 Å². The molecule has 0 radical (unpaired) electrons. The zero-order chi connectivity index (χ0) is 18.5. The Hall–Kier alpha value is -2.57. The highest BCUT2D eigenvalue weighted by Gasteiger charge is 2.24. The lowest BCUT2D eigenvalue weighted by molar-refractivity contribution is 0.105. The molecule has 3 rings (SSSR count). The Morgan fingerprint density at radius 1 is 1.08 bits per heavy atom. The number of hydrogen-bond donors (Lipinski definition) is 0. The van der Waals surface area contributed by atoms with Gasteiger partial charge in [-0.1, -0.05) is 12.1 Å². The first kappa shape index (κ1) is 18.2. The van der Waals surface area contributed by atoms with E-state index < -0.39 is 0 Å². The maximum absolute atomic E-state index is 11.9. The smallest absolute Gasteiger partial charge is 0.409 e. The normalized spacial score (nSPS) is 14.6. The van der Waals surface area contributed by atoms with Crippen LogP contribution in [-0.4, -0.2) is 66.8 Å². The second-order valence-electron chi connectivity index (χ2n) is 6.21. The fourth-order valence-electron chi connectivity index (χ4n) is 3.26. The Morgan fingerprint density at radius 3 is 2.42 bits per heavy atom. The number of anilines is 2. The number of ether oxygens (including phenoxy) is 1. The van der Waals surface area contributed by atoms with E-state index in [2.05, 4.69) is 29.7 Å². The molecular formula is C19H27N5O2. The molecule has 2 heterocycles. The van der Waals surface area contributed by atoms with Crippen molar-refractivity contribution in [3.05, 3.63) is 24.3 Å². The van der Waals surface area contributed by atoms with Crippen molar-refractivity contribution in [1.29, 1.82) is 0 Å². The van der Waals surface area contributed by atoms with Gasteiger partial charge in [0.1, 0.15) is 5.82 Å². The van der Waals surface area contributed by atoms with Gasteiger partial charge in [-0.2, -0.15) is 4.98 Å². The van der Waals surface area contributed by atoms with Crippen LogP contribution < -0.4 is 9.80 Å². The summed E-state index contributed by atoms with van der Waals surface area (Å²) >= 11 is 0. The van der Waals surface area contributed by atoms with Crippen LogP contribution in [0.15, 0.2) is 24.3 Å². The molecule has 7 heteroatoms. The number of nitrogens with zero attached hydrogens (tertiary/aromatic N) is 5. The van der Waals surface area contributed by atoms with E-state index >= 15 is 0 Å². The Morgan fingerprint density at radius 2 is 1.77 bits per heavy atom. The number of carbonyl (C=O) groups is 1. The van der Waals surface area contributed by atoms with Crippen LogP contribution in [0.5, 0.6) is 0 Å². The standard InChI is InChI=1S/C19H27N5O2/c1-4-22(5-2)17-15-9-7-8-10-16(15)20-18(21-17)23-11-13-24(14-12-23)19(25)26-6-3/h7-10H,4-6,11-14H2,1-3H3. The fraction of sp³-hybridized carbons (Fsp3) is 0.526. The minimum Gasteiger partial charge on any atom is -0.450 e. The number of benzene rings is 1. The van der Waals surface area contributed by atoms with Gasteiger partial charge in [0.25, 0.3) is 0 Å². The van der Waals surface area contributed by atoms with Crippen molar-refractivity contribution < 1.29 is 9.53 Å². The molecule has 1 aromatic heterocycles. The molecule has 0 atom stereocenters. The molecule has 1 fully saturated rings. The van der Waals surface area contributed by atoms with Crippen molar-refractivity contribution in [3.8, 4) is 0 Å². The van der Waals surface area contributed by atoms with Crippen molar-refractivity contribution >= 4 is 28.8 Å². The zero-order valence-corrected chi connectivity index (χ0v) is 15.8. The second kappa shape index (κ2) is 8.21. The predicted octanol–water partition coefficient (Wildman–Crippen LogP) is 2.75. The lowest BCUT2D eigenvalue weighted by Gasteiger charge is -2.34. The second-order valence-corrected chi connectivity index (χ2v) is 6.21. The van der Waals surface area contributed by atoms with Crippen molar-refractivity contribution in [3.63, 3.8) is 0 Å². The van der Waals surface area contributed by atoms with Gasteiger partial charge in [-0.05, 0) is 32.9 Å². The largest absolute Gasteiger partial charge is 0.450 e. The van der Waals surface area contributed by atoms with Crippen molar-refractivity contribution in [1.82, 2.24) is 14.9 Å². The maximum atomic E-state index is 11.9. The molecule has 0 N–H and O–H groups in total. The summed E-state index contributed by atoms with van der Waals surface area (Å²) in [5.74, 6) is 1.71. The van der Waals surface area contributed by atoms with E-state index in [-0.39, 0.29) is 6.09 Å². The van der Waals surface area contributed by atoms with Crippen molar-refractivity contribution in [2.75, 3.05) is 55.7 Å². The summed E-state index contributed by atoms with van der Waals surface area (Å²) in [7, 11) is 0. The van der Waals surface area contributed by atoms with Crippen molar-refractivity contribution in [2.45, 2.75) is 20.8 Å². The third-order valence-corrected chi connectivity index (χ3v) is 4.72. The van der Waals surface area contributed by atoms with E-state index in [9.17, 15) is 4.79 Å². The van der Waals surface area contributed by atoms with Crippen LogP contribution in [0.1, 0.15) is 20.8 Å². The molecule has 1 aliphatic heterocycles. The number of para-hydroxylation sites is 1. The Bertz CT molecular complexity index is 755. The van der Waals surface area contributed by atoms with Gasteiger partial charge < -0.3 is 19.4 Å². The number of carbonyl (C=O) groups excluding carboxylic acids is 1. The number of piperazine rings is 1. The summed E-state index contributed by atoms with van der Waals surface area (Å²) in [6.45, 7) is 10.9. The number of rotatable bonds is 5. The van der Waals surface area contributed by atoms with Crippen LogP contribution in [0, 0.1) is 0 Å².